The maximum atomic E-state index is 5.44. The first-order chi connectivity index (χ1) is 17.5. The van der Waals surface area contributed by atoms with Gasteiger partial charge in [-0.1, -0.05) is 25.7 Å². The Hall–Kier alpha value is 0.0338. The number of nitrogens with one attached hydrogen (secondary N) is 2. The lowest BCUT2D eigenvalue weighted by atomic mass is 10.2. The third-order valence-corrected chi connectivity index (χ3v) is 11.8. The van der Waals surface area contributed by atoms with Crippen LogP contribution in [0.15, 0.2) is 0 Å². The smallest absolute Gasteiger partial charge is 0.377 e. The van der Waals surface area contributed by atoms with Crippen molar-refractivity contribution in [3.8, 4) is 0 Å². The van der Waals surface area contributed by atoms with Gasteiger partial charge in [0.05, 0.1) is 0 Å². The molecular formula is C24H60N4O6Si2. The minimum Gasteiger partial charge on any atom is -0.377 e. The first-order valence-corrected chi connectivity index (χ1v) is 17.5. The summed E-state index contributed by atoms with van der Waals surface area (Å²) in [7, 11) is 5.23. The molecule has 0 saturated heterocycles. The van der Waals surface area contributed by atoms with Crippen molar-refractivity contribution in [2.24, 2.45) is 11.5 Å². The van der Waals surface area contributed by atoms with Gasteiger partial charge in [-0.15, -0.1) is 0 Å². The van der Waals surface area contributed by atoms with Crippen molar-refractivity contribution < 1.29 is 26.6 Å². The molecule has 0 atom stereocenters. The summed E-state index contributed by atoms with van der Waals surface area (Å²) in [4.78, 5) is 0. The lowest BCUT2D eigenvalue weighted by Gasteiger charge is -2.24. The SMILES string of the molecule is CO[Si](CCCNCCCCCCN)(OC)OC.CO[Si](CCCNCCCCCCN)(OC)OC. The van der Waals surface area contributed by atoms with Crippen molar-refractivity contribution in [3.05, 3.63) is 0 Å². The van der Waals surface area contributed by atoms with E-state index in [1.807, 2.05) is 0 Å². The maximum absolute atomic E-state index is 5.44. The van der Waals surface area contributed by atoms with Crippen LogP contribution in [-0.4, -0.2) is 99.5 Å². The zero-order chi connectivity index (χ0) is 27.4. The van der Waals surface area contributed by atoms with Gasteiger partial charge in [-0.3, -0.25) is 0 Å². The highest BCUT2D eigenvalue weighted by Crippen LogP contribution is 2.15. The second-order valence-electron chi connectivity index (χ2n) is 8.70. The van der Waals surface area contributed by atoms with E-state index in [-0.39, 0.29) is 0 Å². The van der Waals surface area contributed by atoms with Gasteiger partial charge in [0.15, 0.2) is 0 Å². The summed E-state index contributed by atoms with van der Waals surface area (Å²) in [6.07, 6.45) is 11.8. The van der Waals surface area contributed by atoms with E-state index >= 15 is 0 Å². The van der Waals surface area contributed by atoms with Gasteiger partial charge >= 0.3 is 17.6 Å². The fourth-order valence-electron chi connectivity index (χ4n) is 3.72. The van der Waals surface area contributed by atoms with Crippen LogP contribution in [0.2, 0.25) is 12.1 Å². The molecule has 220 valence electrons. The van der Waals surface area contributed by atoms with Crippen molar-refractivity contribution >= 4 is 17.6 Å². The molecule has 0 radical (unpaired) electrons. The molecular weight excluding hydrogens is 496 g/mol. The van der Waals surface area contributed by atoms with Gasteiger partial charge in [0, 0.05) is 54.7 Å². The van der Waals surface area contributed by atoms with Crippen LogP contribution in [0.1, 0.15) is 64.2 Å². The van der Waals surface area contributed by atoms with E-state index < -0.39 is 17.6 Å². The Morgan fingerprint density at radius 1 is 0.417 bits per heavy atom. The highest BCUT2D eigenvalue weighted by atomic mass is 28.4. The molecule has 0 saturated carbocycles. The van der Waals surface area contributed by atoms with Crippen molar-refractivity contribution in [3.63, 3.8) is 0 Å². The van der Waals surface area contributed by atoms with Gasteiger partial charge in [-0.2, -0.15) is 0 Å². The molecule has 0 bridgehead atoms. The van der Waals surface area contributed by atoms with E-state index in [2.05, 4.69) is 10.6 Å². The summed E-state index contributed by atoms with van der Waals surface area (Å²) in [5, 5.41) is 6.86. The van der Waals surface area contributed by atoms with E-state index in [0.29, 0.717) is 0 Å². The minimum absolute atomic E-state index is 0.811. The van der Waals surface area contributed by atoms with Crippen LogP contribution in [0.4, 0.5) is 0 Å². The molecule has 0 aromatic carbocycles. The van der Waals surface area contributed by atoms with E-state index in [1.165, 1.54) is 38.5 Å². The van der Waals surface area contributed by atoms with Crippen LogP contribution < -0.4 is 22.1 Å². The predicted octanol–water partition coefficient (Wildman–Crippen LogP) is 2.73. The summed E-state index contributed by atoms with van der Waals surface area (Å²) in [6.45, 7) is 5.75. The molecule has 0 aliphatic rings. The predicted molar refractivity (Wildman–Crippen MR) is 153 cm³/mol. The lowest BCUT2D eigenvalue weighted by Crippen LogP contribution is -2.43. The van der Waals surface area contributed by atoms with E-state index in [9.17, 15) is 0 Å². The van der Waals surface area contributed by atoms with Crippen molar-refractivity contribution in [2.45, 2.75) is 76.3 Å². The van der Waals surface area contributed by atoms with Crippen molar-refractivity contribution in [1.82, 2.24) is 10.6 Å². The summed E-state index contributed by atoms with van der Waals surface area (Å²) in [5.41, 5.74) is 10.9. The fourth-order valence-corrected chi connectivity index (χ4v) is 7.16. The Morgan fingerprint density at radius 3 is 0.972 bits per heavy atom. The molecule has 0 rings (SSSR count). The summed E-state index contributed by atoms with van der Waals surface area (Å²) < 4.78 is 32.2. The second kappa shape index (κ2) is 28.1. The first-order valence-electron chi connectivity index (χ1n) is 13.6. The van der Waals surface area contributed by atoms with E-state index in [0.717, 1.165) is 77.0 Å². The molecule has 0 aliphatic heterocycles. The fraction of sp³-hybridized carbons (Fsp3) is 1.00. The quantitative estimate of drug-likeness (QED) is 0.0931. The van der Waals surface area contributed by atoms with Crippen LogP contribution >= 0.6 is 0 Å². The van der Waals surface area contributed by atoms with Crippen LogP contribution in [0.25, 0.3) is 0 Å². The number of nitrogens with two attached hydrogens (primary N) is 2. The molecule has 0 heterocycles. The number of unbranched alkanes of at least 4 members (excludes halogenated alkanes) is 6. The molecule has 36 heavy (non-hydrogen) atoms. The lowest BCUT2D eigenvalue weighted by molar-refractivity contribution is 0.122. The molecule has 6 N–H and O–H groups in total. The van der Waals surface area contributed by atoms with Crippen LogP contribution in [0.3, 0.4) is 0 Å². The molecule has 0 fully saturated rings. The van der Waals surface area contributed by atoms with Crippen LogP contribution in [0, 0.1) is 0 Å². The molecule has 0 spiro atoms. The Labute approximate surface area is 224 Å². The highest BCUT2D eigenvalue weighted by molar-refractivity contribution is 6.60. The molecule has 0 aromatic heterocycles. The topological polar surface area (TPSA) is 131 Å². The van der Waals surface area contributed by atoms with Gasteiger partial charge < -0.3 is 48.7 Å². The molecule has 0 unspecified atom stereocenters. The van der Waals surface area contributed by atoms with Gasteiger partial charge in [-0.05, 0) is 77.8 Å². The molecule has 0 aromatic rings. The van der Waals surface area contributed by atoms with Gasteiger partial charge in [0.25, 0.3) is 0 Å². The van der Waals surface area contributed by atoms with Crippen molar-refractivity contribution in [2.75, 3.05) is 81.9 Å². The van der Waals surface area contributed by atoms with Gasteiger partial charge in [0.1, 0.15) is 0 Å². The zero-order valence-corrected chi connectivity index (χ0v) is 26.3. The van der Waals surface area contributed by atoms with Gasteiger partial charge in [-0.25, -0.2) is 0 Å². The maximum Gasteiger partial charge on any atom is 0.500 e. The third kappa shape index (κ3) is 21.0. The average molecular weight is 557 g/mol. The Bertz CT molecular complexity index is 383. The number of hydrogen-bond acceptors (Lipinski definition) is 10. The minimum atomic E-state index is -2.36. The Balaban J connectivity index is 0. The summed E-state index contributed by atoms with van der Waals surface area (Å²) in [5.74, 6) is 0. The highest BCUT2D eigenvalue weighted by Gasteiger charge is 2.37. The summed E-state index contributed by atoms with van der Waals surface area (Å²) in [6, 6.07) is 1.72. The molecule has 12 heteroatoms. The normalized spacial score (nSPS) is 12.0. The Kier molecular flexibility index (Phi) is 29.8. The van der Waals surface area contributed by atoms with E-state index in [4.69, 9.17) is 38.0 Å². The average Bonchev–Trinajstić information content (AvgIpc) is 2.92. The number of hydrogen-bond donors (Lipinski definition) is 4. The standard InChI is InChI=1S/2C12H30N2O3Si/c2*1-15-18(16-2,17-3)12-8-11-14-10-7-5-4-6-9-13/h2*14H,4-13H2,1-3H3. The monoisotopic (exact) mass is 556 g/mol. The molecule has 0 amide bonds. The molecule has 0 aliphatic carbocycles. The first kappa shape index (κ1) is 38.2. The molecule has 10 nitrogen and oxygen atoms in total. The third-order valence-electron chi connectivity index (χ3n) is 6.15. The van der Waals surface area contributed by atoms with Crippen LogP contribution in [-0.2, 0) is 26.6 Å². The van der Waals surface area contributed by atoms with Gasteiger partial charge in [0.2, 0.25) is 0 Å². The van der Waals surface area contributed by atoms with E-state index in [1.54, 1.807) is 42.7 Å². The zero-order valence-electron chi connectivity index (χ0n) is 24.3. The second-order valence-corrected chi connectivity index (χ2v) is 14.9. The summed E-state index contributed by atoms with van der Waals surface area (Å²) >= 11 is 0. The number of rotatable bonds is 26. The largest absolute Gasteiger partial charge is 0.500 e. The Morgan fingerprint density at radius 2 is 0.694 bits per heavy atom. The van der Waals surface area contributed by atoms with Crippen LogP contribution in [0.5, 0.6) is 0 Å². The van der Waals surface area contributed by atoms with Crippen molar-refractivity contribution in [1.29, 1.82) is 0 Å².